The van der Waals surface area contributed by atoms with Gasteiger partial charge in [0.25, 0.3) is 5.91 Å². The summed E-state index contributed by atoms with van der Waals surface area (Å²) < 4.78 is 11.6. The molecule has 0 spiro atoms. The van der Waals surface area contributed by atoms with Crippen molar-refractivity contribution in [3.8, 4) is 0 Å². The molecule has 2 atom stereocenters. The Morgan fingerprint density at radius 3 is 2.90 bits per heavy atom. The number of carbonyl (C=O) groups is 1. The number of rotatable bonds is 4. The van der Waals surface area contributed by atoms with Crippen LogP contribution in [0.4, 0.5) is 0 Å². The van der Waals surface area contributed by atoms with Gasteiger partial charge in [0.05, 0.1) is 12.8 Å². The van der Waals surface area contributed by atoms with E-state index >= 15 is 0 Å². The van der Waals surface area contributed by atoms with Gasteiger partial charge in [-0.1, -0.05) is 24.6 Å². The number of likely N-dealkylation sites (tertiary alicyclic amines) is 1. The predicted molar refractivity (Wildman–Crippen MR) is 111 cm³/mol. The zero-order valence-electron chi connectivity index (χ0n) is 16.6. The zero-order valence-corrected chi connectivity index (χ0v) is 16.6. The van der Waals surface area contributed by atoms with E-state index in [2.05, 4.69) is 11.8 Å². The molecule has 6 heteroatoms. The van der Waals surface area contributed by atoms with Gasteiger partial charge in [-0.2, -0.15) is 5.10 Å². The maximum absolute atomic E-state index is 13.2. The minimum absolute atomic E-state index is 0.00580. The molecule has 1 fully saturated rings. The smallest absolute Gasteiger partial charge is 0.257 e. The molecule has 0 radical (unpaired) electrons. The second-order valence-electron chi connectivity index (χ2n) is 7.98. The molecule has 4 heterocycles. The summed E-state index contributed by atoms with van der Waals surface area (Å²) in [5.41, 5.74) is 1.61. The van der Waals surface area contributed by atoms with Gasteiger partial charge in [-0.3, -0.25) is 9.69 Å². The molecule has 6 nitrogen and oxygen atoms in total. The maximum Gasteiger partial charge on any atom is 0.257 e. The fourth-order valence-electron chi connectivity index (χ4n) is 4.35. The molecule has 2 unspecified atom stereocenters. The molecule has 0 bridgehead atoms. The van der Waals surface area contributed by atoms with E-state index in [1.54, 1.807) is 11.3 Å². The Morgan fingerprint density at radius 1 is 1.21 bits per heavy atom. The molecule has 2 aliphatic heterocycles. The molecule has 2 aliphatic rings. The number of amides is 1. The van der Waals surface area contributed by atoms with Crippen molar-refractivity contribution < 1.29 is 13.6 Å². The molecule has 1 aromatic carbocycles. The lowest BCUT2D eigenvalue weighted by molar-refractivity contribution is -0.135. The number of hydrazone groups is 1. The largest absolute Gasteiger partial charge is 0.467 e. The first-order valence-corrected chi connectivity index (χ1v) is 10.3. The molecule has 29 heavy (non-hydrogen) atoms. The van der Waals surface area contributed by atoms with Crippen molar-refractivity contribution in [3.63, 3.8) is 0 Å². The Kier molecular flexibility index (Phi) is 4.72. The molecule has 0 aliphatic carbocycles. The average molecular weight is 391 g/mol. The van der Waals surface area contributed by atoms with E-state index in [1.165, 1.54) is 6.42 Å². The molecule has 150 valence electrons. The molecule has 0 saturated carbocycles. The van der Waals surface area contributed by atoms with Crippen LogP contribution in [0, 0.1) is 0 Å². The van der Waals surface area contributed by atoms with Crippen LogP contribution >= 0.6 is 0 Å². The van der Waals surface area contributed by atoms with Crippen LogP contribution in [0.1, 0.15) is 50.2 Å². The highest BCUT2D eigenvalue weighted by molar-refractivity contribution is 6.03. The minimum atomic E-state index is -0.235. The molecule has 1 saturated heterocycles. The molecular formula is C23H25N3O3. The van der Waals surface area contributed by atoms with E-state index < -0.39 is 0 Å². The molecular weight excluding hydrogens is 366 g/mol. The van der Waals surface area contributed by atoms with Crippen LogP contribution in [0.25, 0.3) is 11.0 Å². The Bertz CT molecular complexity index is 1000. The lowest BCUT2D eigenvalue weighted by Gasteiger charge is -2.33. The molecule has 3 aromatic rings. The van der Waals surface area contributed by atoms with Crippen molar-refractivity contribution >= 4 is 22.6 Å². The van der Waals surface area contributed by atoms with E-state index in [1.807, 2.05) is 42.5 Å². The summed E-state index contributed by atoms with van der Waals surface area (Å²) in [6, 6.07) is 13.8. The van der Waals surface area contributed by atoms with Crippen molar-refractivity contribution in [2.45, 2.75) is 44.7 Å². The van der Waals surface area contributed by atoms with Crippen molar-refractivity contribution in [1.82, 2.24) is 9.91 Å². The van der Waals surface area contributed by atoms with Gasteiger partial charge in [-0.25, -0.2) is 5.01 Å². The van der Waals surface area contributed by atoms with Gasteiger partial charge in [-0.05, 0) is 50.6 Å². The normalized spacial score (nSPS) is 22.9. The van der Waals surface area contributed by atoms with Gasteiger partial charge in [0.1, 0.15) is 23.1 Å². The van der Waals surface area contributed by atoms with Crippen molar-refractivity contribution in [1.29, 1.82) is 0 Å². The number of furan rings is 2. The van der Waals surface area contributed by atoms with Gasteiger partial charge < -0.3 is 8.83 Å². The Morgan fingerprint density at radius 2 is 2.10 bits per heavy atom. The number of nitrogens with zero attached hydrogens (tertiary/aromatic N) is 3. The highest BCUT2D eigenvalue weighted by Crippen LogP contribution is 2.34. The standard InChI is InChI=1S/C23H25N3O3/c1-16-7-4-5-11-25(16)15-23(27)26-19(21-10-6-12-28-21)14-18(24-26)22-13-17-8-2-3-9-20(17)29-22/h2-3,6,8-10,12-13,16,19H,4-5,7,11,14-15H2,1H3. The maximum atomic E-state index is 13.2. The third-order valence-electron chi connectivity index (χ3n) is 6.03. The predicted octanol–water partition coefficient (Wildman–Crippen LogP) is 4.58. The average Bonchev–Trinajstić information content (AvgIpc) is 3.47. The quantitative estimate of drug-likeness (QED) is 0.653. The van der Waals surface area contributed by atoms with Crippen LogP contribution in [0.3, 0.4) is 0 Å². The van der Waals surface area contributed by atoms with Gasteiger partial charge >= 0.3 is 0 Å². The molecule has 5 rings (SSSR count). The SMILES string of the molecule is CC1CCCCN1CC(=O)N1N=C(c2cc3ccccc3o2)CC1c1ccco1. The highest BCUT2D eigenvalue weighted by atomic mass is 16.3. The number of para-hydroxylation sites is 1. The van der Waals surface area contributed by atoms with E-state index in [9.17, 15) is 4.79 Å². The van der Waals surface area contributed by atoms with E-state index in [0.717, 1.165) is 41.8 Å². The topological polar surface area (TPSA) is 62.2 Å². The number of hydrogen-bond acceptors (Lipinski definition) is 5. The van der Waals surface area contributed by atoms with Crippen LogP contribution in [-0.4, -0.2) is 40.7 Å². The second kappa shape index (κ2) is 7.52. The summed E-state index contributed by atoms with van der Waals surface area (Å²) in [6.45, 7) is 3.55. The van der Waals surface area contributed by atoms with Crippen molar-refractivity contribution in [3.05, 3.63) is 60.2 Å². The molecule has 2 aromatic heterocycles. The first-order valence-electron chi connectivity index (χ1n) is 10.3. The van der Waals surface area contributed by atoms with Gasteiger partial charge in [-0.15, -0.1) is 0 Å². The van der Waals surface area contributed by atoms with E-state index in [4.69, 9.17) is 13.9 Å². The zero-order chi connectivity index (χ0) is 19.8. The Hall–Kier alpha value is -2.86. The number of benzene rings is 1. The highest BCUT2D eigenvalue weighted by Gasteiger charge is 2.37. The lowest BCUT2D eigenvalue weighted by atomic mass is 10.0. The number of piperidine rings is 1. The summed E-state index contributed by atoms with van der Waals surface area (Å²) in [5.74, 6) is 1.47. The number of carbonyl (C=O) groups excluding carboxylic acids is 1. The lowest BCUT2D eigenvalue weighted by Crippen LogP contribution is -2.44. The fraction of sp³-hybridized carbons (Fsp3) is 0.391. The van der Waals surface area contributed by atoms with Crippen LogP contribution in [0.5, 0.6) is 0 Å². The number of hydrogen-bond donors (Lipinski definition) is 0. The van der Waals surface area contributed by atoms with Crippen LogP contribution in [0.15, 0.2) is 62.7 Å². The first-order chi connectivity index (χ1) is 14.2. The third-order valence-corrected chi connectivity index (χ3v) is 6.03. The summed E-state index contributed by atoms with van der Waals surface area (Å²) in [6.07, 6.45) is 5.74. The summed E-state index contributed by atoms with van der Waals surface area (Å²) in [5, 5.41) is 7.34. The fourth-order valence-corrected chi connectivity index (χ4v) is 4.35. The van der Waals surface area contributed by atoms with Gasteiger partial charge in [0.2, 0.25) is 0 Å². The summed E-state index contributed by atoms with van der Waals surface area (Å²) >= 11 is 0. The minimum Gasteiger partial charge on any atom is -0.467 e. The van der Waals surface area contributed by atoms with Crippen molar-refractivity contribution in [2.75, 3.05) is 13.1 Å². The summed E-state index contributed by atoms with van der Waals surface area (Å²) in [7, 11) is 0. The Labute approximate surface area is 169 Å². The molecule has 1 amide bonds. The van der Waals surface area contributed by atoms with Gasteiger partial charge in [0, 0.05) is 17.8 Å². The van der Waals surface area contributed by atoms with E-state index in [-0.39, 0.29) is 11.9 Å². The molecule has 0 N–H and O–H groups in total. The van der Waals surface area contributed by atoms with Gasteiger partial charge in [0.15, 0.2) is 5.76 Å². The second-order valence-corrected chi connectivity index (χ2v) is 7.98. The van der Waals surface area contributed by atoms with Crippen LogP contribution < -0.4 is 0 Å². The third kappa shape index (κ3) is 3.49. The number of fused-ring (bicyclic) bond motifs is 1. The summed E-state index contributed by atoms with van der Waals surface area (Å²) in [4.78, 5) is 15.5. The van der Waals surface area contributed by atoms with Crippen LogP contribution in [0.2, 0.25) is 0 Å². The van der Waals surface area contributed by atoms with Crippen molar-refractivity contribution in [2.24, 2.45) is 5.10 Å². The monoisotopic (exact) mass is 391 g/mol. The van der Waals surface area contributed by atoms with E-state index in [0.29, 0.717) is 24.8 Å². The first kappa shape index (κ1) is 18.2. The Balaban J connectivity index is 1.43. The van der Waals surface area contributed by atoms with Crippen LogP contribution in [-0.2, 0) is 4.79 Å².